The Hall–Kier alpha value is -3.24. The van der Waals surface area contributed by atoms with Crippen molar-refractivity contribution in [3.8, 4) is 11.1 Å². The maximum Gasteiger partial charge on any atom is 0.164 e. The monoisotopic (exact) mass is 461 g/mol. The van der Waals surface area contributed by atoms with Crippen molar-refractivity contribution in [2.45, 2.75) is 38.0 Å². The third-order valence-corrected chi connectivity index (χ3v) is 7.00. The first kappa shape index (κ1) is 20.4. The van der Waals surface area contributed by atoms with Crippen LogP contribution in [0.1, 0.15) is 18.7 Å². The first-order valence-corrected chi connectivity index (χ1v) is 11.7. The number of hydrogen-bond donors (Lipinski definition) is 3. The molecule has 2 aliphatic rings. The number of nitrogens with zero attached hydrogens (tertiary/aromatic N) is 4. The zero-order valence-corrected chi connectivity index (χ0v) is 18.7. The summed E-state index contributed by atoms with van der Waals surface area (Å²) in [6.45, 7) is 2.32. The summed E-state index contributed by atoms with van der Waals surface area (Å²) in [5, 5.41) is 22.8. The van der Waals surface area contributed by atoms with Crippen LogP contribution in [-0.2, 0) is 11.3 Å². The van der Waals surface area contributed by atoms with E-state index in [1.54, 1.807) is 24.6 Å². The van der Waals surface area contributed by atoms with Crippen LogP contribution in [0.3, 0.4) is 0 Å². The van der Waals surface area contributed by atoms with E-state index in [1.165, 1.54) is 0 Å². The largest absolute Gasteiger partial charge is 0.388 e. The Labute approximate surface area is 194 Å². The maximum absolute atomic E-state index is 10.6. The van der Waals surface area contributed by atoms with Crippen molar-refractivity contribution in [3.05, 3.63) is 65.8 Å². The lowest BCUT2D eigenvalue weighted by atomic mass is 10.0. The standard InChI is InChI=1S/C24H23N5O3S/c1-14-21(30)22(31)24(32-14)29-11-17(15-5-3-2-4-6-15)18-10-28(12-25-23(18)29)27-16-7-8-20-19(9-16)26-13-33-20/h2-9,11-14,21-22,24,27,30-31H,10H2,1H3/t14-,21-,22-,24-/m1/s1. The fourth-order valence-corrected chi connectivity index (χ4v) is 5.13. The average Bonchev–Trinajstić information content (AvgIpc) is 3.52. The average molecular weight is 462 g/mol. The number of fused-ring (bicyclic) bond motifs is 2. The number of thiazole rings is 1. The second-order valence-electron chi connectivity index (χ2n) is 8.35. The van der Waals surface area contributed by atoms with Gasteiger partial charge in [0.1, 0.15) is 24.4 Å². The van der Waals surface area contributed by atoms with Gasteiger partial charge in [-0.1, -0.05) is 30.3 Å². The topological polar surface area (TPSA) is 95.1 Å². The lowest BCUT2D eigenvalue weighted by Crippen LogP contribution is -2.31. The molecule has 1 saturated heterocycles. The lowest BCUT2D eigenvalue weighted by Gasteiger charge is -2.26. The minimum Gasteiger partial charge on any atom is -0.388 e. The fraction of sp³-hybridized carbons (Fsp3) is 0.250. The van der Waals surface area contributed by atoms with Crippen LogP contribution in [0.2, 0.25) is 0 Å². The minimum absolute atomic E-state index is 0.463. The van der Waals surface area contributed by atoms with Crippen LogP contribution in [-0.4, -0.2) is 49.4 Å². The Kier molecular flexibility index (Phi) is 4.92. The molecule has 0 saturated carbocycles. The predicted molar refractivity (Wildman–Crippen MR) is 128 cm³/mol. The summed E-state index contributed by atoms with van der Waals surface area (Å²) in [5.41, 5.74) is 10.2. The number of aliphatic hydroxyl groups excluding tert-OH is 2. The molecule has 6 rings (SSSR count). The molecule has 0 radical (unpaired) electrons. The SMILES string of the molecule is C[C@H]1O[C@@H](n2cc(-c3ccccc3)c3c2N=CN(Nc2ccc4scnc4c2)C3)[C@H](O)[C@@H]1O. The van der Waals surface area contributed by atoms with Crippen molar-refractivity contribution in [2.75, 3.05) is 5.43 Å². The van der Waals surface area contributed by atoms with Crippen LogP contribution in [0, 0.1) is 0 Å². The summed E-state index contributed by atoms with van der Waals surface area (Å²) in [6, 6.07) is 16.2. The molecule has 9 heteroatoms. The molecule has 33 heavy (non-hydrogen) atoms. The van der Waals surface area contributed by atoms with Crippen LogP contribution >= 0.6 is 11.3 Å². The highest BCUT2D eigenvalue weighted by molar-refractivity contribution is 7.16. The van der Waals surface area contributed by atoms with Crippen molar-refractivity contribution in [1.82, 2.24) is 14.6 Å². The van der Waals surface area contributed by atoms with Crippen LogP contribution in [0.5, 0.6) is 0 Å². The van der Waals surface area contributed by atoms with Crippen LogP contribution in [0.4, 0.5) is 11.5 Å². The van der Waals surface area contributed by atoms with Gasteiger partial charge in [0.15, 0.2) is 6.23 Å². The molecular weight excluding hydrogens is 438 g/mol. The lowest BCUT2D eigenvalue weighted by molar-refractivity contribution is -0.0308. The van der Waals surface area contributed by atoms with E-state index >= 15 is 0 Å². The Morgan fingerprint density at radius 1 is 1.12 bits per heavy atom. The molecule has 2 aliphatic heterocycles. The van der Waals surface area contributed by atoms with Crippen molar-refractivity contribution < 1.29 is 14.9 Å². The zero-order chi connectivity index (χ0) is 22.5. The van der Waals surface area contributed by atoms with Gasteiger partial charge < -0.3 is 19.5 Å². The van der Waals surface area contributed by atoms with Gasteiger partial charge in [-0.05, 0) is 30.7 Å². The van der Waals surface area contributed by atoms with Crippen molar-refractivity contribution in [2.24, 2.45) is 4.99 Å². The first-order chi connectivity index (χ1) is 16.1. The molecule has 168 valence electrons. The van der Waals surface area contributed by atoms with Gasteiger partial charge in [0.2, 0.25) is 0 Å². The molecule has 4 aromatic rings. The van der Waals surface area contributed by atoms with Gasteiger partial charge in [0.25, 0.3) is 0 Å². The Morgan fingerprint density at radius 2 is 1.97 bits per heavy atom. The predicted octanol–water partition coefficient (Wildman–Crippen LogP) is 3.91. The van der Waals surface area contributed by atoms with E-state index in [-0.39, 0.29) is 0 Å². The van der Waals surface area contributed by atoms with Gasteiger partial charge in [-0.2, -0.15) is 0 Å². The highest BCUT2D eigenvalue weighted by Gasteiger charge is 2.42. The van der Waals surface area contributed by atoms with E-state index in [0.717, 1.165) is 32.6 Å². The highest BCUT2D eigenvalue weighted by atomic mass is 32.1. The molecule has 2 aromatic carbocycles. The quantitative estimate of drug-likeness (QED) is 0.427. The second-order valence-corrected chi connectivity index (χ2v) is 9.24. The van der Waals surface area contributed by atoms with E-state index in [9.17, 15) is 10.2 Å². The molecular formula is C24H23N5O3S. The molecule has 0 aliphatic carbocycles. The fourth-order valence-electron chi connectivity index (χ4n) is 4.47. The smallest absolute Gasteiger partial charge is 0.164 e. The number of benzene rings is 2. The Bertz CT molecular complexity index is 1330. The molecule has 0 bridgehead atoms. The number of hydrogen-bond acceptors (Lipinski definition) is 8. The molecule has 2 aromatic heterocycles. The summed E-state index contributed by atoms with van der Waals surface area (Å²) in [4.78, 5) is 9.11. The van der Waals surface area contributed by atoms with Crippen LogP contribution in [0.15, 0.2) is 65.2 Å². The maximum atomic E-state index is 10.6. The number of anilines is 1. The molecule has 0 amide bonds. The molecule has 0 spiro atoms. The molecule has 8 nitrogen and oxygen atoms in total. The number of aliphatic imine (C=N–C) groups is 1. The summed E-state index contributed by atoms with van der Waals surface area (Å²) < 4.78 is 8.88. The number of nitrogens with one attached hydrogen (secondary N) is 1. The number of hydrazine groups is 1. The van der Waals surface area contributed by atoms with Gasteiger partial charge in [0, 0.05) is 17.3 Å². The van der Waals surface area contributed by atoms with E-state index in [1.807, 2.05) is 51.6 Å². The van der Waals surface area contributed by atoms with Crippen molar-refractivity contribution in [1.29, 1.82) is 0 Å². The number of aliphatic hydroxyl groups is 2. The van der Waals surface area contributed by atoms with Crippen molar-refractivity contribution in [3.63, 3.8) is 0 Å². The second kappa shape index (κ2) is 7.96. The normalized spacial score (nSPS) is 24.4. The summed E-state index contributed by atoms with van der Waals surface area (Å²) in [6.07, 6.45) is 0.552. The number of rotatable bonds is 4. The van der Waals surface area contributed by atoms with Gasteiger partial charge in [0.05, 0.1) is 34.1 Å². The van der Waals surface area contributed by atoms with E-state index < -0.39 is 24.5 Å². The van der Waals surface area contributed by atoms with Crippen molar-refractivity contribution >= 4 is 39.4 Å². The van der Waals surface area contributed by atoms with Gasteiger partial charge in [-0.15, -0.1) is 11.3 Å². The summed E-state index contributed by atoms with van der Waals surface area (Å²) in [7, 11) is 0. The number of aromatic nitrogens is 2. The summed E-state index contributed by atoms with van der Waals surface area (Å²) >= 11 is 1.62. The molecule has 4 atom stereocenters. The first-order valence-electron chi connectivity index (χ1n) is 10.8. The van der Waals surface area contributed by atoms with Gasteiger partial charge >= 0.3 is 0 Å². The molecule has 4 heterocycles. The Balaban J connectivity index is 1.36. The van der Waals surface area contributed by atoms with E-state index in [2.05, 4.69) is 28.6 Å². The number of ether oxygens (including phenoxy) is 1. The third kappa shape index (κ3) is 3.50. The van der Waals surface area contributed by atoms with Crippen LogP contribution < -0.4 is 5.43 Å². The van der Waals surface area contributed by atoms with Gasteiger partial charge in [-0.25, -0.2) is 9.98 Å². The van der Waals surface area contributed by atoms with Gasteiger partial charge in [-0.3, -0.25) is 10.4 Å². The zero-order valence-electron chi connectivity index (χ0n) is 17.9. The van der Waals surface area contributed by atoms with E-state index in [0.29, 0.717) is 12.4 Å². The summed E-state index contributed by atoms with van der Waals surface area (Å²) in [5.74, 6) is 0.715. The third-order valence-electron chi connectivity index (χ3n) is 6.19. The molecule has 1 fully saturated rings. The Morgan fingerprint density at radius 3 is 2.76 bits per heavy atom. The molecule has 0 unspecified atom stereocenters. The van der Waals surface area contributed by atoms with Crippen LogP contribution in [0.25, 0.3) is 21.3 Å². The molecule has 3 N–H and O–H groups in total. The minimum atomic E-state index is -1.03. The highest BCUT2D eigenvalue weighted by Crippen LogP contribution is 2.41. The van der Waals surface area contributed by atoms with E-state index in [4.69, 9.17) is 9.73 Å².